The van der Waals surface area contributed by atoms with Crippen LogP contribution in [0, 0.1) is 10.1 Å². The summed E-state index contributed by atoms with van der Waals surface area (Å²) in [7, 11) is 0. The summed E-state index contributed by atoms with van der Waals surface area (Å²) in [6.45, 7) is 0.645. The van der Waals surface area contributed by atoms with Crippen LogP contribution in [-0.2, 0) is 6.18 Å². The molecule has 0 bridgehead atoms. The molecule has 25 heavy (non-hydrogen) atoms. The van der Waals surface area contributed by atoms with Gasteiger partial charge >= 0.3 is 6.18 Å². The number of anilines is 1. The number of hydrogen-bond acceptors (Lipinski definition) is 4. The van der Waals surface area contributed by atoms with E-state index in [4.69, 9.17) is 0 Å². The average Bonchev–Trinajstić information content (AvgIpc) is 2.61. The minimum absolute atomic E-state index is 0.114. The Labute approximate surface area is 142 Å². The van der Waals surface area contributed by atoms with E-state index in [1.54, 1.807) is 12.1 Å². The maximum absolute atomic E-state index is 13.0. The van der Waals surface area contributed by atoms with Crippen LogP contribution in [0.5, 0.6) is 0 Å². The predicted molar refractivity (Wildman–Crippen MR) is 86.3 cm³/mol. The molecule has 1 aliphatic heterocycles. The van der Waals surface area contributed by atoms with Crippen LogP contribution in [0.4, 0.5) is 24.7 Å². The number of aromatic nitrogens is 1. The molecule has 3 rings (SSSR count). The molecule has 132 valence electrons. The second-order valence-electron chi connectivity index (χ2n) is 5.96. The van der Waals surface area contributed by atoms with Crippen LogP contribution in [0.15, 0.2) is 42.6 Å². The Hall–Kier alpha value is -2.64. The number of nitro groups is 1. The molecule has 0 radical (unpaired) electrons. The van der Waals surface area contributed by atoms with Crippen molar-refractivity contribution in [3.05, 3.63) is 63.8 Å². The molecule has 0 N–H and O–H groups in total. The standard InChI is InChI=1S/C17H16F3N3O2/c18-17(19,20)13-5-3-4-12(10-13)15-6-1-2-9-22(15)16-8-7-14(11-21-16)23(24)25/h3-5,7-8,10-11,15H,1-2,6,9H2. The fraction of sp³-hybridized carbons (Fsp3) is 0.353. The predicted octanol–water partition coefficient (Wildman–Crippen LogP) is 4.74. The molecule has 2 heterocycles. The van der Waals surface area contributed by atoms with E-state index in [1.807, 2.05) is 4.90 Å². The summed E-state index contributed by atoms with van der Waals surface area (Å²) in [4.78, 5) is 16.3. The molecule has 1 fully saturated rings. The van der Waals surface area contributed by atoms with Gasteiger partial charge in [-0.1, -0.05) is 12.1 Å². The lowest BCUT2D eigenvalue weighted by Crippen LogP contribution is -2.34. The maximum Gasteiger partial charge on any atom is 0.416 e. The summed E-state index contributed by atoms with van der Waals surface area (Å²) in [6.07, 6.45) is -0.702. The summed E-state index contributed by atoms with van der Waals surface area (Å²) in [5.74, 6) is 0.535. The fourth-order valence-electron chi connectivity index (χ4n) is 3.13. The van der Waals surface area contributed by atoms with Crippen molar-refractivity contribution in [2.45, 2.75) is 31.5 Å². The Morgan fingerprint density at radius 1 is 1.20 bits per heavy atom. The number of pyridine rings is 1. The third-order valence-electron chi connectivity index (χ3n) is 4.34. The first-order valence-electron chi connectivity index (χ1n) is 7.90. The van der Waals surface area contributed by atoms with Crippen LogP contribution in [0.25, 0.3) is 0 Å². The molecule has 1 atom stereocenters. The highest BCUT2D eigenvalue weighted by Crippen LogP contribution is 2.37. The Balaban J connectivity index is 1.92. The Morgan fingerprint density at radius 2 is 2.00 bits per heavy atom. The zero-order valence-electron chi connectivity index (χ0n) is 13.2. The van der Waals surface area contributed by atoms with Gasteiger partial charge in [0.15, 0.2) is 0 Å². The van der Waals surface area contributed by atoms with Crippen LogP contribution >= 0.6 is 0 Å². The zero-order chi connectivity index (χ0) is 18.0. The van der Waals surface area contributed by atoms with Gasteiger partial charge in [-0.15, -0.1) is 0 Å². The number of halogens is 3. The summed E-state index contributed by atoms with van der Waals surface area (Å²) in [5, 5.41) is 10.8. The number of alkyl halides is 3. The van der Waals surface area contributed by atoms with Gasteiger partial charge in [0.2, 0.25) is 0 Å². The summed E-state index contributed by atoms with van der Waals surface area (Å²) in [5.41, 5.74) is -0.210. The molecule has 0 spiro atoms. The van der Waals surface area contributed by atoms with Gasteiger partial charge in [-0.25, -0.2) is 4.98 Å². The molecule has 1 aromatic heterocycles. The second kappa shape index (κ2) is 6.70. The van der Waals surface area contributed by atoms with Crippen molar-refractivity contribution in [2.24, 2.45) is 0 Å². The molecule has 1 unspecified atom stereocenters. The Bertz CT molecular complexity index is 762. The third kappa shape index (κ3) is 3.72. The van der Waals surface area contributed by atoms with Gasteiger partial charge in [-0.05, 0) is 43.0 Å². The molecular weight excluding hydrogens is 335 g/mol. The van der Waals surface area contributed by atoms with Crippen molar-refractivity contribution in [1.82, 2.24) is 4.98 Å². The SMILES string of the molecule is O=[N+]([O-])c1ccc(N2CCCCC2c2cccc(C(F)(F)F)c2)nc1. The van der Waals surface area contributed by atoms with Crippen molar-refractivity contribution in [3.8, 4) is 0 Å². The molecular formula is C17H16F3N3O2. The number of rotatable bonds is 3. The van der Waals surface area contributed by atoms with E-state index in [0.717, 1.165) is 18.9 Å². The Kier molecular flexibility index (Phi) is 4.61. The van der Waals surface area contributed by atoms with Crippen molar-refractivity contribution in [3.63, 3.8) is 0 Å². The quantitative estimate of drug-likeness (QED) is 0.592. The molecule has 1 saturated heterocycles. The molecule has 1 aromatic carbocycles. The number of benzene rings is 1. The van der Waals surface area contributed by atoms with Crippen LogP contribution in [0.3, 0.4) is 0 Å². The van der Waals surface area contributed by atoms with Crippen molar-refractivity contribution < 1.29 is 18.1 Å². The first-order chi connectivity index (χ1) is 11.9. The third-order valence-corrected chi connectivity index (χ3v) is 4.34. The van der Waals surface area contributed by atoms with Crippen molar-refractivity contribution in [1.29, 1.82) is 0 Å². The van der Waals surface area contributed by atoms with Crippen LogP contribution in [-0.4, -0.2) is 16.5 Å². The second-order valence-corrected chi connectivity index (χ2v) is 5.96. The van der Waals surface area contributed by atoms with Crippen molar-refractivity contribution in [2.75, 3.05) is 11.4 Å². The fourth-order valence-corrected chi connectivity index (χ4v) is 3.13. The molecule has 8 heteroatoms. The van der Waals surface area contributed by atoms with Gasteiger partial charge in [-0.3, -0.25) is 10.1 Å². The highest BCUT2D eigenvalue weighted by molar-refractivity contribution is 5.46. The molecule has 0 aliphatic carbocycles. The van der Waals surface area contributed by atoms with Gasteiger partial charge < -0.3 is 4.90 Å². The van der Waals surface area contributed by atoms with Gasteiger partial charge in [0, 0.05) is 12.6 Å². The van der Waals surface area contributed by atoms with Gasteiger partial charge in [0.05, 0.1) is 16.5 Å². The highest BCUT2D eigenvalue weighted by atomic mass is 19.4. The molecule has 1 aliphatic rings. The molecule has 5 nitrogen and oxygen atoms in total. The molecule has 2 aromatic rings. The highest BCUT2D eigenvalue weighted by Gasteiger charge is 2.32. The lowest BCUT2D eigenvalue weighted by Gasteiger charge is -2.37. The van der Waals surface area contributed by atoms with E-state index in [2.05, 4.69) is 4.98 Å². The van der Waals surface area contributed by atoms with E-state index in [0.29, 0.717) is 24.3 Å². The minimum atomic E-state index is -4.39. The zero-order valence-corrected chi connectivity index (χ0v) is 13.2. The molecule has 0 amide bonds. The van der Waals surface area contributed by atoms with Gasteiger partial charge in [0.25, 0.3) is 5.69 Å². The van der Waals surface area contributed by atoms with Gasteiger partial charge in [0.1, 0.15) is 12.0 Å². The van der Waals surface area contributed by atoms with Crippen LogP contribution in [0.2, 0.25) is 0 Å². The Morgan fingerprint density at radius 3 is 2.64 bits per heavy atom. The smallest absolute Gasteiger partial charge is 0.350 e. The topological polar surface area (TPSA) is 59.3 Å². The van der Waals surface area contributed by atoms with Crippen LogP contribution in [0.1, 0.15) is 36.4 Å². The van der Waals surface area contributed by atoms with E-state index in [1.165, 1.54) is 24.4 Å². The van der Waals surface area contributed by atoms with E-state index in [-0.39, 0.29) is 11.7 Å². The largest absolute Gasteiger partial charge is 0.416 e. The number of hydrogen-bond donors (Lipinski definition) is 0. The average molecular weight is 351 g/mol. The van der Waals surface area contributed by atoms with Crippen LogP contribution < -0.4 is 4.90 Å². The summed E-state index contributed by atoms with van der Waals surface area (Å²) >= 11 is 0. The van der Waals surface area contributed by atoms with E-state index in [9.17, 15) is 23.3 Å². The van der Waals surface area contributed by atoms with Gasteiger partial charge in [-0.2, -0.15) is 13.2 Å². The molecule has 0 saturated carbocycles. The first kappa shape index (κ1) is 17.2. The summed E-state index contributed by atoms with van der Waals surface area (Å²) < 4.78 is 39.0. The normalized spacial score (nSPS) is 18.2. The lowest BCUT2D eigenvalue weighted by molar-refractivity contribution is -0.385. The summed E-state index contributed by atoms with van der Waals surface area (Å²) in [6, 6.07) is 8.00. The van der Waals surface area contributed by atoms with E-state index < -0.39 is 16.7 Å². The number of piperidine rings is 1. The monoisotopic (exact) mass is 351 g/mol. The maximum atomic E-state index is 13.0. The van der Waals surface area contributed by atoms with E-state index >= 15 is 0 Å². The lowest BCUT2D eigenvalue weighted by atomic mass is 9.94. The number of nitrogens with zero attached hydrogens (tertiary/aromatic N) is 3. The minimum Gasteiger partial charge on any atom is -0.350 e. The van der Waals surface area contributed by atoms with Crippen molar-refractivity contribution >= 4 is 11.5 Å². The first-order valence-corrected chi connectivity index (χ1v) is 7.90.